The quantitative estimate of drug-likeness (QED) is 0.760. The maximum absolute atomic E-state index is 12.2. The summed E-state index contributed by atoms with van der Waals surface area (Å²) in [6, 6.07) is -0.134. The molecule has 2 fully saturated rings. The second-order valence-corrected chi connectivity index (χ2v) is 5.91. The van der Waals surface area contributed by atoms with Crippen molar-refractivity contribution in [2.75, 3.05) is 13.1 Å². The number of nitrogens with zero attached hydrogens (tertiary/aromatic N) is 3. The Morgan fingerprint density at radius 1 is 1.23 bits per heavy atom. The summed E-state index contributed by atoms with van der Waals surface area (Å²) in [5.41, 5.74) is 1.80. The van der Waals surface area contributed by atoms with Gasteiger partial charge < -0.3 is 9.42 Å². The number of hydrogen-bond donors (Lipinski definition) is 0. The lowest BCUT2D eigenvalue weighted by atomic mass is 10.0. The molecule has 118 valence electrons. The molecule has 2 aliphatic heterocycles. The van der Waals surface area contributed by atoms with E-state index in [1.54, 1.807) is 4.90 Å². The molecule has 0 N–H and O–H groups in total. The first-order chi connectivity index (χ1) is 10.5. The summed E-state index contributed by atoms with van der Waals surface area (Å²) < 4.78 is 5.08. The van der Waals surface area contributed by atoms with E-state index in [9.17, 15) is 14.4 Å². The molecule has 1 aromatic rings. The van der Waals surface area contributed by atoms with E-state index in [2.05, 4.69) is 5.16 Å². The summed E-state index contributed by atoms with van der Waals surface area (Å²) in [4.78, 5) is 38.5. The molecule has 3 amide bonds. The van der Waals surface area contributed by atoms with Gasteiger partial charge in [0.25, 0.3) is 0 Å². The van der Waals surface area contributed by atoms with Crippen LogP contribution in [0, 0.1) is 13.8 Å². The number of aryl methyl sites for hydroxylation is 2. The predicted molar refractivity (Wildman–Crippen MR) is 75.8 cm³/mol. The largest absolute Gasteiger partial charge is 0.361 e. The van der Waals surface area contributed by atoms with Crippen molar-refractivity contribution in [3.63, 3.8) is 0 Å². The fourth-order valence-electron chi connectivity index (χ4n) is 3.07. The Morgan fingerprint density at radius 2 is 1.86 bits per heavy atom. The molecule has 0 aromatic carbocycles. The Labute approximate surface area is 128 Å². The lowest BCUT2D eigenvalue weighted by Crippen LogP contribution is -2.62. The van der Waals surface area contributed by atoms with Gasteiger partial charge in [-0.3, -0.25) is 19.3 Å². The highest BCUT2D eigenvalue weighted by molar-refractivity contribution is 6.02. The van der Waals surface area contributed by atoms with Crippen molar-refractivity contribution in [2.24, 2.45) is 0 Å². The number of carbonyl (C=O) groups excluding carboxylic acids is 3. The summed E-state index contributed by atoms with van der Waals surface area (Å²) in [6.45, 7) is 4.61. The highest BCUT2D eigenvalue weighted by Crippen LogP contribution is 2.23. The minimum atomic E-state index is -0.134. The summed E-state index contributed by atoms with van der Waals surface area (Å²) >= 11 is 0. The molecule has 3 rings (SSSR count). The van der Waals surface area contributed by atoms with Gasteiger partial charge in [0.15, 0.2) is 0 Å². The highest BCUT2D eigenvalue weighted by atomic mass is 16.5. The van der Waals surface area contributed by atoms with Crippen LogP contribution in [0.2, 0.25) is 0 Å². The lowest BCUT2D eigenvalue weighted by molar-refractivity contribution is -0.151. The molecule has 0 bridgehead atoms. The van der Waals surface area contributed by atoms with Gasteiger partial charge in [-0.05, 0) is 20.3 Å². The van der Waals surface area contributed by atoms with Crippen molar-refractivity contribution in [2.45, 2.75) is 45.6 Å². The molecule has 1 aromatic heterocycles. The van der Waals surface area contributed by atoms with Crippen LogP contribution >= 0.6 is 0 Å². The van der Waals surface area contributed by atoms with E-state index in [0.717, 1.165) is 17.0 Å². The minimum absolute atomic E-state index is 0.0374. The second kappa shape index (κ2) is 5.55. The van der Waals surface area contributed by atoms with Gasteiger partial charge in [0, 0.05) is 37.9 Å². The molecule has 0 spiro atoms. The second-order valence-electron chi connectivity index (χ2n) is 5.91. The van der Waals surface area contributed by atoms with E-state index < -0.39 is 0 Å². The molecule has 7 nitrogen and oxygen atoms in total. The average Bonchev–Trinajstić information content (AvgIpc) is 2.91. The van der Waals surface area contributed by atoms with Crippen LogP contribution in [0.1, 0.15) is 36.3 Å². The first-order valence-electron chi connectivity index (χ1n) is 7.51. The molecular formula is C15H19N3O4. The number of carbonyl (C=O) groups is 3. The number of imide groups is 1. The standard InChI is InChI=1S/C15H19N3O4/c1-9-12(10(2)22-16-9)3-4-13(19)17-7-11(8-17)18-14(20)5-6-15(18)21/h11H,3-8H2,1-2H3. The Hall–Kier alpha value is -2.18. The zero-order chi connectivity index (χ0) is 15.9. The van der Waals surface area contributed by atoms with Crippen molar-refractivity contribution < 1.29 is 18.9 Å². The van der Waals surface area contributed by atoms with Crippen molar-refractivity contribution in [3.8, 4) is 0 Å². The summed E-state index contributed by atoms with van der Waals surface area (Å²) in [5, 5.41) is 3.87. The van der Waals surface area contributed by atoms with E-state index in [0.29, 0.717) is 38.8 Å². The van der Waals surface area contributed by atoms with Gasteiger partial charge in [0.05, 0.1) is 11.7 Å². The van der Waals surface area contributed by atoms with E-state index >= 15 is 0 Å². The van der Waals surface area contributed by atoms with Crippen LogP contribution in [-0.4, -0.2) is 51.8 Å². The predicted octanol–water partition coefficient (Wildman–Crippen LogP) is 0.584. The van der Waals surface area contributed by atoms with E-state index in [4.69, 9.17) is 4.52 Å². The van der Waals surface area contributed by atoms with Crippen molar-refractivity contribution >= 4 is 17.7 Å². The van der Waals surface area contributed by atoms with E-state index in [1.165, 1.54) is 4.90 Å². The van der Waals surface area contributed by atoms with Gasteiger partial charge in [-0.25, -0.2) is 0 Å². The molecule has 0 unspecified atom stereocenters. The molecule has 0 aliphatic carbocycles. The monoisotopic (exact) mass is 305 g/mol. The lowest BCUT2D eigenvalue weighted by Gasteiger charge is -2.43. The Balaban J connectivity index is 1.50. The van der Waals surface area contributed by atoms with Gasteiger partial charge in [0.2, 0.25) is 17.7 Å². The van der Waals surface area contributed by atoms with Crippen molar-refractivity contribution in [1.29, 1.82) is 0 Å². The van der Waals surface area contributed by atoms with Crippen LogP contribution in [0.25, 0.3) is 0 Å². The molecule has 0 radical (unpaired) electrons. The van der Waals surface area contributed by atoms with Gasteiger partial charge >= 0.3 is 0 Å². The van der Waals surface area contributed by atoms with Crippen molar-refractivity contribution in [3.05, 3.63) is 17.0 Å². The minimum Gasteiger partial charge on any atom is -0.361 e. The normalized spacial score (nSPS) is 19.0. The molecule has 3 heterocycles. The van der Waals surface area contributed by atoms with E-state index in [1.807, 2.05) is 13.8 Å². The zero-order valence-electron chi connectivity index (χ0n) is 12.8. The van der Waals surface area contributed by atoms with Gasteiger partial charge in [-0.15, -0.1) is 0 Å². The Morgan fingerprint density at radius 3 is 2.41 bits per heavy atom. The Kier molecular flexibility index (Phi) is 3.72. The first-order valence-corrected chi connectivity index (χ1v) is 7.51. The third-order valence-corrected chi connectivity index (χ3v) is 4.44. The van der Waals surface area contributed by atoms with Crippen LogP contribution in [0.3, 0.4) is 0 Å². The van der Waals surface area contributed by atoms with E-state index in [-0.39, 0.29) is 23.8 Å². The zero-order valence-corrected chi connectivity index (χ0v) is 12.8. The molecule has 0 atom stereocenters. The summed E-state index contributed by atoms with van der Waals surface area (Å²) in [7, 11) is 0. The molecular weight excluding hydrogens is 286 g/mol. The number of likely N-dealkylation sites (tertiary alicyclic amines) is 2. The Bertz CT molecular complexity index is 595. The van der Waals surface area contributed by atoms with Crippen LogP contribution < -0.4 is 0 Å². The third-order valence-electron chi connectivity index (χ3n) is 4.44. The van der Waals surface area contributed by atoms with Crippen LogP contribution in [0.5, 0.6) is 0 Å². The third kappa shape index (κ3) is 2.51. The van der Waals surface area contributed by atoms with Crippen LogP contribution in [0.15, 0.2) is 4.52 Å². The maximum atomic E-state index is 12.2. The fraction of sp³-hybridized carbons (Fsp3) is 0.600. The fourth-order valence-corrected chi connectivity index (χ4v) is 3.07. The van der Waals surface area contributed by atoms with Crippen molar-refractivity contribution in [1.82, 2.24) is 15.0 Å². The van der Waals surface area contributed by atoms with Crippen LogP contribution in [-0.2, 0) is 20.8 Å². The summed E-state index contributed by atoms with van der Waals surface area (Å²) in [5.74, 6) is 0.561. The molecule has 7 heteroatoms. The molecule has 2 aliphatic rings. The smallest absolute Gasteiger partial charge is 0.230 e. The highest BCUT2D eigenvalue weighted by Gasteiger charge is 2.42. The number of aromatic nitrogens is 1. The molecule has 0 saturated carbocycles. The summed E-state index contributed by atoms with van der Waals surface area (Å²) in [6.07, 6.45) is 1.59. The average molecular weight is 305 g/mol. The maximum Gasteiger partial charge on any atom is 0.230 e. The number of hydrogen-bond acceptors (Lipinski definition) is 5. The van der Waals surface area contributed by atoms with Crippen LogP contribution in [0.4, 0.5) is 0 Å². The first kappa shape index (κ1) is 14.7. The molecule has 22 heavy (non-hydrogen) atoms. The van der Waals surface area contributed by atoms with Gasteiger partial charge in [-0.1, -0.05) is 5.16 Å². The van der Waals surface area contributed by atoms with Gasteiger partial charge in [0.1, 0.15) is 5.76 Å². The topological polar surface area (TPSA) is 83.7 Å². The van der Waals surface area contributed by atoms with Gasteiger partial charge in [-0.2, -0.15) is 0 Å². The number of rotatable bonds is 4. The number of amides is 3. The SMILES string of the molecule is Cc1noc(C)c1CCC(=O)N1CC(N2C(=O)CCC2=O)C1. The molecule has 2 saturated heterocycles.